The zero-order valence-electron chi connectivity index (χ0n) is 15.5. The van der Waals surface area contributed by atoms with Crippen molar-refractivity contribution in [2.45, 2.75) is 13.1 Å². The minimum absolute atomic E-state index is 0.307. The van der Waals surface area contributed by atoms with Gasteiger partial charge in [0.2, 0.25) is 6.73 Å². The lowest BCUT2D eigenvalue weighted by Gasteiger charge is -2.26. The van der Waals surface area contributed by atoms with Gasteiger partial charge in [0.25, 0.3) is 0 Å². The van der Waals surface area contributed by atoms with E-state index < -0.39 is 0 Å². The van der Waals surface area contributed by atoms with Gasteiger partial charge in [-0.15, -0.1) is 0 Å². The van der Waals surface area contributed by atoms with E-state index in [1.165, 1.54) is 10.5 Å². The Morgan fingerprint density at radius 1 is 0.964 bits per heavy atom. The van der Waals surface area contributed by atoms with E-state index in [9.17, 15) is 4.79 Å². The summed E-state index contributed by atoms with van der Waals surface area (Å²) in [7, 11) is 1.66. The molecule has 1 aliphatic rings. The Morgan fingerprint density at radius 3 is 2.54 bits per heavy atom. The van der Waals surface area contributed by atoms with Crippen molar-refractivity contribution >= 4 is 21.7 Å². The molecule has 5 rings (SSSR count). The summed E-state index contributed by atoms with van der Waals surface area (Å²) in [6, 6.07) is 19.6. The van der Waals surface area contributed by atoms with Crippen LogP contribution in [-0.2, 0) is 13.1 Å². The third kappa shape index (κ3) is 2.80. The SMILES string of the molecule is COc1ccc(C[NH+]2COc3ccc4c(oc(=O)c5ccccc54)c3C2)cc1. The van der Waals surface area contributed by atoms with Gasteiger partial charge >= 0.3 is 5.63 Å². The number of fused-ring (bicyclic) bond motifs is 5. The van der Waals surface area contributed by atoms with Crippen molar-refractivity contribution in [3.63, 3.8) is 0 Å². The van der Waals surface area contributed by atoms with Crippen molar-refractivity contribution in [2.24, 2.45) is 0 Å². The highest BCUT2D eigenvalue weighted by molar-refractivity contribution is 6.05. The number of quaternary nitrogens is 1. The van der Waals surface area contributed by atoms with Crippen LogP contribution in [0.1, 0.15) is 11.1 Å². The molecule has 0 radical (unpaired) electrons. The Bertz CT molecular complexity index is 1230. The highest BCUT2D eigenvalue weighted by Crippen LogP contribution is 2.32. The maximum atomic E-state index is 12.5. The summed E-state index contributed by atoms with van der Waals surface area (Å²) in [4.78, 5) is 13.7. The molecule has 28 heavy (non-hydrogen) atoms. The Balaban J connectivity index is 1.54. The van der Waals surface area contributed by atoms with E-state index in [0.717, 1.165) is 40.9 Å². The molecule has 1 aromatic heterocycles. The average Bonchev–Trinajstić information content (AvgIpc) is 2.74. The van der Waals surface area contributed by atoms with Crippen LogP contribution in [0, 0.1) is 0 Å². The van der Waals surface area contributed by atoms with Crippen LogP contribution in [0.4, 0.5) is 0 Å². The summed E-state index contributed by atoms with van der Waals surface area (Å²) in [5.74, 6) is 1.64. The zero-order valence-corrected chi connectivity index (χ0v) is 15.5. The van der Waals surface area contributed by atoms with Crippen LogP contribution in [0.15, 0.2) is 69.9 Å². The van der Waals surface area contributed by atoms with Gasteiger partial charge in [0.15, 0.2) is 5.58 Å². The number of methoxy groups -OCH3 is 1. The van der Waals surface area contributed by atoms with Crippen molar-refractivity contribution in [3.8, 4) is 11.5 Å². The van der Waals surface area contributed by atoms with Crippen LogP contribution < -0.4 is 20.0 Å². The molecular formula is C23H20NO4+. The summed E-state index contributed by atoms with van der Waals surface area (Å²) < 4.78 is 17.0. The van der Waals surface area contributed by atoms with Crippen LogP contribution in [0.25, 0.3) is 21.7 Å². The van der Waals surface area contributed by atoms with Crippen molar-refractivity contribution in [3.05, 3.63) is 82.2 Å². The van der Waals surface area contributed by atoms with E-state index in [1.807, 2.05) is 42.5 Å². The Hall–Kier alpha value is -3.31. The molecular weight excluding hydrogens is 354 g/mol. The molecule has 0 aliphatic carbocycles. The molecule has 5 nitrogen and oxygen atoms in total. The van der Waals surface area contributed by atoms with Crippen molar-refractivity contribution in [1.82, 2.24) is 0 Å². The number of benzene rings is 3. The molecule has 1 aliphatic heterocycles. The molecule has 3 aromatic carbocycles. The predicted molar refractivity (Wildman–Crippen MR) is 107 cm³/mol. The van der Waals surface area contributed by atoms with Gasteiger partial charge in [0.05, 0.1) is 18.1 Å². The van der Waals surface area contributed by atoms with E-state index in [0.29, 0.717) is 17.7 Å². The summed E-state index contributed by atoms with van der Waals surface area (Å²) in [5.41, 5.74) is 2.48. The van der Waals surface area contributed by atoms with Gasteiger partial charge in [-0.3, -0.25) is 4.90 Å². The molecule has 0 saturated carbocycles. The third-order valence-corrected chi connectivity index (χ3v) is 5.32. The first-order chi connectivity index (χ1) is 13.7. The topological polar surface area (TPSA) is 53.1 Å². The molecule has 1 unspecified atom stereocenters. The second-order valence-corrected chi connectivity index (χ2v) is 7.09. The van der Waals surface area contributed by atoms with E-state index >= 15 is 0 Å². The molecule has 4 aromatic rings. The maximum absolute atomic E-state index is 12.5. The van der Waals surface area contributed by atoms with Crippen LogP contribution in [0.2, 0.25) is 0 Å². The molecule has 0 saturated heterocycles. The van der Waals surface area contributed by atoms with Crippen LogP contribution >= 0.6 is 0 Å². The minimum atomic E-state index is -0.307. The highest BCUT2D eigenvalue weighted by Gasteiger charge is 2.25. The van der Waals surface area contributed by atoms with Gasteiger partial charge in [-0.25, -0.2) is 4.79 Å². The Kier molecular flexibility index (Phi) is 4.02. The molecule has 5 heteroatoms. The van der Waals surface area contributed by atoms with E-state index in [2.05, 4.69) is 12.1 Å². The van der Waals surface area contributed by atoms with Crippen molar-refractivity contribution in [2.75, 3.05) is 13.8 Å². The Morgan fingerprint density at radius 2 is 1.75 bits per heavy atom. The lowest BCUT2D eigenvalue weighted by atomic mass is 10.0. The first-order valence-electron chi connectivity index (χ1n) is 9.29. The molecule has 0 fully saturated rings. The van der Waals surface area contributed by atoms with E-state index in [4.69, 9.17) is 13.9 Å². The standard InChI is InChI=1S/C23H19NO4/c1-26-16-8-6-15(7-9-16)12-24-13-20-21(27-14-24)11-10-18-17-4-2-3-5-19(17)23(25)28-22(18)20/h2-11H,12-14H2,1H3/p+1. The number of hydrogen-bond donors (Lipinski definition) is 1. The van der Waals surface area contributed by atoms with Gasteiger partial charge in [0, 0.05) is 10.9 Å². The van der Waals surface area contributed by atoms with Crippen LogP contribution in [0.5, 0.6) is 11.5 Å². The first-order valence-corrected chi connectivity index (χ1v) is 9.29. The molecule has 2 heterocycles. The quantitative estimate of drug-likeness (QED) is 0.443. The summed E-state index contributed by atoms with van der Waals surface area (Å²) in [6.07, 6.45) is 0. The largest absolute Gasteiger partial charge is 0.497 e. The number of rotatable bonds is 3. The second-order valence-electron chi connectivity index (χ2n) is 7.09. The van der Waals surface area contributed by atoms with Crippen molar-refractivity contribution in [1.29, 1.82) is 0 Å². The van der Waals surface area contributed by atoms with Crippen molar-refractivity contribution < 1.29 is 18.8 Å². The fraction of sp³-hybridized carbons (Fsp3) is 0.174. The molecule has 1 atom stereocenters. The second kappa shape index (κ2) is 6.69. The summed E-state index contributed by atoms with van der Waals surface area (Å²) >= 11 is 0. The minimum Gasteiger partial charge on any atom is -0.497 e. The lowest BCUT2D eigenvalue weighted by molar-refractivity contribution is -0.945. The van der Waals surface area contributed by atoms with Gasteiger partial charge in [-0.2, -0.15) is 0 Å². The Labute approximate surface area is 161 Å². The molecule has 0 spiro atoms. The number of ether oxygens (including phenoxy) is 2. The summed E-state index contributed by atoms with van der Waals surface area (Å²) in [5, 5.41) is 2.47. The number of hydrogen-bond acceptors (Lipinski definition) is 4. The van der Waals surface area contributed by atoms with Crippen LogP contribution in [0.3, 0.4) is 0 Å². The van der Waals surface area contributed by atoms with Gasteiger partial charge in [-0.05, 0) is 47.9 Å². The molecule has 1 N–H and O–H groups in total. The van der Waals surface area contributed by atoms with E-state index in [-0.39, 0.29) is 5.63 Å². The van der Waals surface area contributed by atoms with Gasteiger partial charge < -0.3 is 13.9 Å². The average molecular weight is 374 g/mol. The molecule has 0 bridgehead atoms. The van der Waals surface area contributed by atoms with Gasteiger partial charge in [-0.1, -0.05) is 18.2 Å². The smallest absolute Gasteiger partial charge is 0.344 e. The third-order valence-electron chi connectivity index (χ3n) is 5.32. The highest BCUT2D eigenvalue weighted by atomic mass is 16.5. The van der Waals surface area contributed by atoms with E-state index in [1.54, 1.807) is 13.2 Å². The van der Waals surface area contributed by atoms with Crippen LogP contribution in [-0.4, -0.2) is 13.8 Å². The fourth-order valence-corrected chi connectivity index (χ4v) is 3.91. The monoisotopic (exact) mass is 374 g/mol. The summed E-state index contributed by atoms with van der Waals surface area (Å²) in [6.45, 7) is 2.12. The number of nitrogens with one attached hydrogen (secondary N) is 1. The first kappa shape index (κ1) is 16.8. The molecule has 0 amide bonds. The van der Waals surface area contributed by atoms with Gasteiger partial charge in [0.1, 0.15) is 24.6 Å². The molecule has 140 valence electrons. The zero-order chi connectivity index (χ0) is 19.1. The lowest BCUT2D eigenvalue weighted by Crippen LogP contribution is -3.10. The predicted octanol–water partition coefficient (Wildman–Crippen LogP) is 2.89. The fourth-order valence-electron chi connectivity index (χ4n) is 3.91. The maximum Gasteiger partial charge on any atom is 0.344 e. The normalized spacial score (nSPS) is 16.0.